The van der Waals surface area contributed by atoms with Gasteiger partial charge in [-0.1, -0.05) is 34.7 Å². The van der Waals surface area contributed by atoms with E-state index in [2.05, 4.69) is 74.6 Å². The molecule has 0 radical (unpaired) electrons. The molecule has 0 saturated carbocycles. The number of hydrogen-bond donors (Lipinski definition) is 0. The lowest BCUT2D eigenvalue weighted by molar-refractivity contribution is 0.337. The number of benzene rings is 2. The Morgan fingerprint density at radius 3 is 1.44 bits per heavy atom. The first kappa shape index (κ1) is 20.1. The zero-order valence-corrected chi connectivity index (χ0v) is 18.4. The Morgan fingerprint density at radius 1 is 0.720 bits per heavy atom. The van der Waals surface area contributed by atoms with Crippen molar-refractivity contribution >= 4 is 22.6 Å². The normalized spacial score (nSPS) is 11.0. The second-order valence-electron chi connectivity index (χ2n) is 6.38. The van der Waals surface area contributed by atoms with Gasteiger partial charge in [0.15, 0.2) is 0 Å². The molecule has 2 nitrogen and oxygen atoms in total. The van der Waals surface area contributed by atoms with Crippen LogP contribution in [0.4, 0.5) is 0 Å². The van der Waals surface area contributed by atoms with Gasteiger partial charge in [0.05, 0.1) is 13.2 Å². The Balaban J connectivity index is 2.51. The zero-order valence-electron chi connectivity index (χ0n) is 16.2. The lowest BCUT2D eigenvalue weighted by Crippen LogP contribution is -2.10. The van der Waals surface area contributed by atoms with Crippen LogP contribution in [0.15, 0.2) is 24.3 Å². The van der Waals surface area contributed by atoms with Crippen molar-refractivity contribution in [1.82, 2.24) is 0 Å². The van der Waals surface area contributed by atoms with Gasteiger partial charge in [-0.25, -0.2) is 0 Å². The second kappa shape index (κ2) is 8.93. The van der Waals surface area contributed by atoms with Crippen molar-refractivity contribution in [2.45, 2.75) is 47.5 Å². The summed E-state index contributed by atoms with van der Waals surface area (Å²) in [5, 5.41) is 0. The minimum absolute atomic E-state index is 0.379. The minimum atomic E-state index is 0.379. The molecule has 0 amide bonds. The molecule has 0 saturated heterocycles. The average Bonchev–Trinajstić information content (AvgIpc) is 2.60. The molecule has 0 atom stereocenters. The molecular weight excluding hydrogens is 423 g/mol. The Labute approximate surface area is 166 Å². The Morgan fingerprint density at radius 2 is 1.12 bits per heavy atom. The first-order valence-corrected chi connectivity index (χ1v) is 10.5. The Kier molecular flexibility index (Phi) is 7.17. The van der Waals surface area contributed by atoms with Crippen molar-refractivity contribution in [2.75, 3.05) is 17.6 Å². The van der Waals surface area contributed by atoms with Crippen LogP contribution in [-0.4, -0.2) is 17.6 Å². The van der Waals surface area contributed by atoms with Gasteiger partial charge in [0.1, 0.15) is 11.5 Å². The lowest BCUT2D eigenvalue weighted by atomic mass is 9.85. The van der Waals surface area contributed by atoms with E-state index in [1.165, 1.54) is 33.4 Å². The van der Waals surface area contributed by atoms with E-state index in [0.29, 0.717) is 19.1 Å². The summed E-state index contributed by atoms with van der Waals surface area (Å²) >= 11 is 2.50. The van der Waals surface area contributed by atoms with E-state index in [0.717, 1.165) is 15.9 Å². The monoisotopic (exact) mass is 452 g/mol. The Hall–Kier alpha value is -1.23. The maximum absolute atomic E-state index is 5.76. The van der Waals surface area contributed by atoms with Crippen LogP contribution in [0.3, 0.4) is 0 Å². The highest BCUT2D eigenvalue weighted by atomic mass is 127. The molecule has 2 aromatic carbocycles. The molecule has 0 aliphatic heterocycles. The van der Waals surface area contributed by atoms with Crippen LogP contribution in [0.2, 0.25) is 0 Å². The van der Waals surface area contributed by atoms with Gasteiger partial charge >= 0.3 is 0 Å². The summed E-state index contributed by atoms with van der Waals surface area (Å²) in [5.41, 5.74) is 7.94. The molecule has 2 rings (SSSR count). The van der Waals surface area contributed by atoms with Crippen LogP contribution in [0.25, 0.3) is 0 Å². The highest BCUT2D eigenvalue weighted by molar-refractivity contribution is 14.1. The molecule has 0 aliphatic carbocycles. The van der Waals surface area contributed by atoms with Crippen molar-refractivity contribution in [3.05, 3.63) is 57.6 Å². The summed E-state index contributed by atoms with van der Waals surface area (Å²) in [6, 6.07) is 8.72. The first-order chi connectivity index (χ1) is 12.0. The molecular formula is C22H29IO2. The predicted molar refractivity (Wildman–Crippen MR) is 115 cm³/mol. The fraction of sp³-hybridized carbons (Fsp3) is 0.455. The predicted octanol–water partition coefficient (Wildman–Crippen LogP) is 6.28. The van der Waals surface area contributed by atoms with E-state index in [9.17, 15) is 0 Å². The van der Waals surface area contributed by atoms with E-state index in [1.54, 1.807) is 0 Å². The number of alkyl halides is 1. The molecule has 0 heterocycles. The van der Waals surface area contributed by atoms with Crippen LogP contribution < -0.4 is 9.47 Å². The third-order valence-corrected chi connectivity index (χ3v) is 5.94. The summed E-state index contributed by atoms with van der Waals surface area (Å²) in [6.45, 7) is 14.2. The van der Waals surface area contributed by atoms with Gasteiger partial charge in [-0.05, 0) is 87.1 Å². The quantitative estimate of drug-likeness (QED) is 0.364. The van der Waals surface area contributed by atoms with Crippen LogP contribution in [0.1, 0.15) is 53.1 Å². The van der Waals surface area contributed by atoms with E-state index < -0.39 is 0 Å². The SMILES string of the molecule is CCOc1ccc(C(CI)c2ccc(OCC)c(C)c2C)c(C)c1C. The van der Waals surface area contributed by atoms with E-state index in [-0.39, 0.29) is 0 Å². The molecule has 3 heteroatoms. The van der Waals surface area contributed by atoms with E-state index >= 15 is 0 Å². The molecule has 0 N–H and O–H groups in total. The number of hydrogen-bond acceptors (Lipinski definition) is 2. The second-order valence-corrected chi connectivity index (χ2v) is 7.26. The van der Waals surface area contributed by atoms with Gasteiger partial charge in [0.25, 0.3) is 0 Å². The molecule has 0 fully saturated rings. The maximum atomic E-state index is 5.76. The highest BCUT2D eigenvalue weighted by Gasteiger charge is 2.21. The molecule has 0 bridgehead atoms. The van der Waals surface area contributed by atoms with Crippen molar-refractivity contribution in [1.29, 1.82) is 0 Å². The standard InChI is InChI=1S/C22H29IO2/c1-7-24-21-11-9-18(14(3)16(21)5)20(13-23)19-10-12-22(25-8-2)17(6)15(19)4/h9-12,20H,7-8,13H2,1-6H3. The average molecular weight is 452 g/mol. The summed E-state index contributed by atoms with van der Waals surface area (Å²) in [5.74, 6) is 2.37. The lowest BCUT2D eigenvalue weighted by Gasteiger charge is -2.24. The summed E-state index contributed by atoms with van der Waals surface area (Å²) in [7, 11) is 0. The molecule has 2 aromatic rings. The van der Waals surface area contributed by atoms with Gasteiger partial charge in [-0.2, -0.15) is 0 Å². The maximum Gasteiger partial charge on any atom is 0.122 e. The van der Waals surface area contributed by atoms with Crippen molar-refractivity contribution < 1.29 is 9.47 Å². The van der Waals surface area contributed by atoms with Crippen molar-refractivity contribution in [2.24, 2.45) is 0 Å². The first-order valence-electron chi connectivity index (χ1n) is 8.97. The number of ether oxygens (including phenoxy) is 2. The van der Waals surface area contributed by atoms with Gasteiger partial charge in [-0.3, -0.25) is 0 Å². The molecule has 136 valence electrons. The largest absolute Gasteiger partial charge is 0.494 e. The van der Waals surface area contributed by atoms with Gasteiger partial charge in [0, 0.05) is 10.3 Å². The molecule has 0 spiro atoms. The Bertz CT molecular complexity index is 676. The summed E-state index contributed by atoms with van der Waals surface area (Å²) in [6.07, 6.45) is 0. The highest BCUT2D eigenvalue weighted by Crippen LogP contribution is 2.37. The van der Waals surface area contributed by atoms with Crippen LogP contribution in [0.5, 0.6) is 11.5 Å². The van der Waals surface area contributed by atoms with Crippen LogP contribution >= 0.6 is 22.6 Å². The van der Waals surface area contributed by atoms with Gasteiger partial charge < -0.3 is 9.47 Å². The third kappa shape index (κ3) is 4.13. The topological polar surface area (TPSA) is 18.5 Å². The molecule has 25 heavy (non-hydrogen) atoms. The van der Waals surface area contributed by atoms with E-state index in [1.807, 2.05) is 13.8 Å². The van der Waals surface area contributed by atoms with Gasteiger partial charge in [-0.15, -0.1) is 0 Å². The van der Waals surface area contributed by atoms with Gasteiger partial charge in [0.2, 0.25) is 0 Å². The molecule has 0 aromatic heterocycles. The molecule has 0 aliphatic rings. The fourth-order valence-corrected chi connectivity index (χ4v) is 4.29. The van der Waals surface area contributed by atoms with Crippen molar-refractivity contribution in [3.63, 3.8) is 0 Å². The number of rotatable bonds is 7. The van der Waals surface area contributed by atoms with Crippen LogP contribution in [0, 0.1) is 27.7 Å². The van der Waals surface area contributed by atoms with E-state index in [4.69, 9.17) is 9.47 Å². The van der Waals surface area contributed by atoms with Crippen LogP contribution in [-0.2, 0) is 0 Å². The third-order valence-electron chi connectivity index (χ3n) is 5.06. The smallest absolute Gasteiger partial charge is 0.122 e. The fourth-order valence-electron chi connectivity index (χ4n) is 3.35. The van der Waals surface area contributed by atoms with Crippen molar-refractivity contribution in [3.8, 4) is 11.5 Å². The summed E-state index contributed by atoms with van der Waals surface area (Å²) < 4.78 is 12.6. The zero-order chi connectivity index (χ0) is 18.6. The minimum Gasteiger partial charge on any atom is -0.494 e. The molecule has 0 unspecified atom stereocenters. The summed E-state index contributed by atoms with van der Waals surface area (Å²) in [4.78, 5) is 0. The number of halogens is 1.